The molecule has 2 aromatic heterocycles. The molecule has 1 amide bonds. The number of amides is 1. The number of rotatable bonds is 8. The molecule has 3 rings (SSSR count). The molecule has 2 heterocycles. The quantitative estimate of drug-likeness (QED) is 0.577. The topological polar surface area (TPSA) is 94.8 Å². The van der Waals surface area contributed by atoms with E-state index in [4.69, 9.17) is 4.74 Å². The van der Waals surface area contributed by atoms with Crippen LogP contribution >= 0.6 is 23.1 Å². The molecule has 0 saturated heterocycles. The molecule has 27 heavy (non-hydrogen) atoms. The number of anilines is 1. The second-order valence-electron chi connectivity index (χ2n) is 5.71. The lowest BCUT2D eigenvalue weighted by atomic mass is 10.2. The Morgan fingerprint density at radius 2 is 1.96 bits per heavy atom. The molecular formula is C17H20N6O2S2. The molecule has 8 nitrogen and oxygen atoms in total. The Kier molecular flexibility index (Phi) is 6.40. The molecule has 1 N–H and O–H groups in total. The maximum atomic E-state index is 12.1. The van der Waals surface area contributed by atoms with Gasteiger partial charge in [-0.25, -0.2) is 0 Å². The Balaban J connectivity index is 1.56. The minimum Gasteiger partial charge on any atom is -0.486 e. The zero-order valence-corrected chi connectivity index (χ0v) is 16.9. The molecule has 0 bridgehead atoms. The second-order valence-corrected chi connectivity index (χ2v) is 7.83. The van der Waals surface area contributed by atoms with Crippen LogP contribution in [0.2, 0.25) is 0 Å². The minimum atomic E-state index is -0.153. The molecule has 0 aliphatic carbocycles. The summed E-state index contributed by atoms with van der Waals surface area (Å²) in [5.74, 6) is 1.57. The number of nitrogens with one attached hydrogen (secondary N) is 1. The van der Waals surface area contributed by atoms with Crippen molar-refractivity contribution in [1.82, 2.24) is 25.0 Å². The van der Waals surface area contributed by atoms with E-state index in [0.717, 1.165) is 16.6 Å². The normalized spacial score (nSPS) is 10.8. The summed E-state index contributed by atoms with van der Waals surface area (Å²) in [5.41, 5.74) is 1.18. The maximum absolute atomic E-state index is 12.1. The van der Waals surface area contributed by atoms with E-state index in [0.29, 0.717) is 23.4 Å². The predicted octanol–water partition coefficient (Wildman–Crippen LogP) is 3.08. The molecule has 0 fully saturated rings. The molecule has 0 spiro atoms. The molecule has 142 valence electrons. The Labute approximate surface area is 165 Å². The highest BCUT2D eigenvalue weighted by atomic mass is 32.2. The summed E-state index contributed by atoms with van der Waals surface area (Å²) in [4.78, 5) is 12.1. The number of hydrogen-bond acceptors (Lipinski definition) is 8. The molecular weight excluding hydrogens is 384 g/mol. The van der Waals surface area contributed by atoms with Gasteiger partial charge >= 0.3 is 0 Å². The number of aryl methyl sites for hydroxylation is 2. The lowest BCUT2D eigenvalue weighted by Gasteiger charge is -2.09. The number of nitrogens with zero attached hydrogens (tertiary/aromatic N) is 5. The van der Waals surface area contributed by atoms with Crippen LogP contribution in [0.4, 0.5) is 5.13 Å². The van der Waals surface area contributed by atoms with Crippen LogP contribution in [0, 0.1) is 13.8 Å². The van der Waals surface area contributed by atoms with Gasteiger partial charge in [-0.15, -0.1) is 20.4 Å². The number of carbonyl (C=O) groups excluding carboxylic acids is 1. The van der Waals surface area contributed by atoms with Gasteiger partial charge in [-0.2, -0.15) is 0 Å². The average molecular weight is 405 g/mol. The summed E-state index contributed by atoms with van der Waals surface area (Å²) in [6.45, 7) is 6.89. The van der Waals surface area contributed by atoms with Crippen molar-refractivity contribution in [2.45, 2.75) is 39.1 Å². The van der Waals surface area contributed by atoms with Crippen molar-refractivity contribution in [2.24, 2.45) is 0 Å². The Morgan fingerprint density at radius 3 is 2.63 bits per heavy atom. The molecule has 0 atom stereocenters. The lowest BCUT2D eigenvalue weighted by Crippen LogP contribution is -2.14. The monoisotopic (exact) mass is 404 g/mol. The third-order valence-electron chi connectivity index (χ3n) is 3.60. The van der Waals surface area contributed by atoms with E-state index in [1.807, 2.05) is 49.6 Å². The Hall–Kier alpha value is -2.46. The van der Waals surface area contributed by atoms with Gasteiger partial charge in [-0.1, -0.05) is 40.8 Å². The van der Waals surface area contributed by atoms with E-state index in [2.05, 4.69) is 25.7 Å². The summed E-state index contributed by atoms with van der Waals surface area (Å²) in [5, 5.41) is 20.9. The van der Waals surface area contributed by atoms with E-state index >= 15 is 0 Å². The van der Waals surface area contributed by atoms with E-state index in [-0.39, 0.29) is 11.7 Å². The molecule has 1 aromatic carbocycles. The summed E-state index contributed by atoms with van der Waals surface area (Å²) in [6, 6.07) is 7.85. The molecule has 0 radical (unpaired) electrons. The van der Waals surface area contributed by atoms with Crippen molar-refractivity contribution in [3.63, 3.8) is 0 Å². The average Bonchev–Trinajstić information content (AvgIpc) is 3.24. The van der Waals surface area contributed by atoms with E-state index in [1.54, 1.807) is 0 Å². The van der Waals surface area contributed by atoms with E-state index in [9.17, 15) is 4.79 Å². The van der Waals surface area contributed by atoms with Gasteiger partial charge in [0.15, 0.2) is 11.0 Å². The first-order valence-electron chi connectivity index (χ1n) is 8.39. The zero-order valence-electron chi connectivity index (χ0n) is 15.3. The number of thioether (sulfide) groups is 1. The van der Waals surface area contributed by atoms with Crippen LogP contribution in [0.25, 0.3) is 0 Å². The zero-order chi connectivity index (χ0) is 19.2. The molecule has 10 heteroatoms. The number of ether oxygens (including phenoxy) is 1. The van der Waals surface area contributed by atoms with Crippen molar-refractivity contribution >= 4 is 34.1 Å². The van der Waals surface area contributed by atoms with Crippen LogP contribution in [0.15, 0.2) is 29.4 Å². The molecule has 0 unspecified atom stereocenters. The van der Waals surface area contributed by atoms with Gasteiger partial charge in [0.05, 0.1) is 5.75 Å². The first-order chi connectivity index (χ1) is 13.0. The van der Waals surface area contributed by atoms with Crippen molar-refractivity contribution in [2.75, 3.05) is 11.1 Å². The lowest BCUT2D eigenvalue weighted by molar-refractivity contribution is -0.113. The number of carbonyl (C=O) groups is 1. The summed E-state index contributed by atoms with van der Waals surface area (Å²) in [6.07, 6.45) is 0. The van der Waals surface area contributed by atoms with Crippen LogP contribution in [-0.4, -0.2) is 36.6 Å². The SMILES string of the molecule is CCn1c(COc2ccc(C)cc2)nnc1SCC(=O)Nc1nnc(C)s1. The standard InChI is InChI=1S/C17H20N6O2S2/c1-4-23-14(9-25-13-7-5-11(2)6-8-13)20-22-17(23)26-10-15(24)18-16-21-19-12(3)27-16/h5-8H,4,9-10H2,1-3H3,(H,18,21,24). The maximum Gasteiger partial charge on any atom is 0.236 e. The van der Waals surface area contributed by atoms with Gasteiger partial charge in [0.25, 0.3) is 0 Å². The minimum absolute atomic E-state index is 0.153. The van der Waals surface area contributed by atoms with Gasteiger partial charge < -0.3 is 9.30 Å². The Morgan fingerprint density at radius 1 is 1.19 bits per heavy atom. The highest BCUT2D eigenvalue weighted by Crippen LogP contribution is 2.20. The van der Waals surface area contributed by atoms with Crippen LogP contribution in [0.5, 0.6) is 5.75 Å². The van der Waals surface area contributed by atoms with Gasteiger partial charge in [0, 0.05) is 6.54 Å². The predicted molar refractivity (Wildman–Crippen MR) is 105 cm³/mol. The summed E-state index contributed by atoms with van der Waals surface area (Å²) >= 11 is 2.67. The molecule has 0 aliphatic heterocycles. The first kappa shape index (κ1) is 19.3. The fraction of sp³-hybridized carbons (Fsp3) is 0.353. The van der Waals surface area contributed by atoms with Gasteiger partial charge in [0.1, 0.15) is 17.4 Å². The van der Waals surface area contributed by atoms with Crippen LogP contribution in [-0.2, 0) is 17.9 Å². The van der Waals surface area contributed by atoms with Crippen LogP contribution in [0.3, 0.4) is 0 Å². The molecule has 3 aromatic rings. The highest BCUT2D eigenvalue weighted by molar-refractivity contribution is 7.99. The second kappa shape index (κ2) is 8.96. The molecule has 0 saturated carbocycles. The number of aromatic nitrogens is 5. The summed E-state index contributed by atoms with van der Waals surface area (Å²) in [7, 11) is 0. The van der Waals surface area contributed by atoms with E-state index < -0.39 is 0 Å². The van der Waals surface area contributed by atoms with Crippen molar-refractivity contribution in [3.05, 3.63) is 40.7 Å². The number of hydrogen-bond donors (Lipinski definition) is 1. The van der Waals surface area contributed by atoms with Crippen LogP contribution < -0.4 is 10.1 Å². The fourth-order valence-electron chi connectivity index (χ4n) is 2.27. The third-order valence-corrected chi connectivity index (χ3v) is 5.32. The van der Waals surface area contributed by atoms with Crippen molar-refractivity contribution < 1.29 is 9.53 Å². The first-order valence-corrected chi connectivity index (χ1v) is 10.2. The van der Waals surface area contributed by atoms with Gasteiger partial charge in [-0.3, -0.25) is 10.1 Å². The van der Waals surface area contributed by atoms with E-state index in [1.165, 1.54) is 28.7 Å². The van der Waals surface area contributed by atoms with Crippen LogP contribution in [0.1, 0.15) is 23.3 Å². The molecule has 0 aliphatic rings. The Bertz CT molecular complexity index is 907. The number of benzene rings is 1. The van der Waals surface area contributed by atoms with Crippen molar-refractivity contribution in [3.8, 4) is 5.75 Å². The van der Waals surface area contributed by atoms with Crippen molar-refractivity contribution in [1.29, 1.82) is 0 Å². The fourth-order valence-corrected chi connectivity index (χ4v) is 3.69. The summed E-state index contributed by atoms with van der Waals surface area (Å²) < 4.78 is 7.73. The van der Waals surface area contributed by atoms with Gasteiger partial charge in [0.2, 0.25) is 11.0 Å². The smallest absolute Gasteiger partial charge is 0.236 e. The largest absolute Gasteiger partial charge is 0.486 e. The van der Waals surface area contributed by atoms with Gasteiger partial charge in [-0.05, 0) is 32.9 Å². The third kappa shape index (κ3) is 5.27. The highest BCUT2D eigenvalue weighted by Gasteiger charge is 2.14.